The lowest BCUT2D eigenvalue weighted by atomic mass is 9.85. The highest BCUT2D eigenvalue weighted by Gasteiger charge is 2.27. The van der Waals surface area contributed by atoms with Gasteiger partial charge in [0.2, 0.25) is 0 Å². The third-order valence-corrected chi connectivity index (χ3v) is 2.87. The Morgan fingerprint density at radius 1 is 1.20 bits per heavy atom. The highest BCUT2D eigenvalue weighted by atomic mass is 16.4. The molecule has 0 bridgehead atoms. The van der Waals surface area contributed by atoms with Crippen LogP contribution in [0, 0.1) is 5.92 Å². The first-order chi connectivity index (χ1) is 7.04. The second kappa shape index (κ2) is 4.94. The van der Waals surface area contributed by atoms with Gasteiger partial charge in [-0.25, -0.2) is 4.79 Å². The highest BCUT2D eigenvalue weighted by Crippen LogP contribution is 2.26. The maximum Gasteiger partial charge on any atom is 0.332 e. The smallest absolute Gasteiger partial charge is 0.332 e. The van der Waals surface area contributed by atoms with E-state index in [4.69, 9.17) is 5.11 Å². The van der Waals surface area contributed by atoms with Gasteiger partial charge >= 0.3 is 5.97 Å². The zero-order valence-electron chi connectivity index (χ0n) is 8.92. The number of hydrogen-bond acceptors (Lipinski definition) is 2. The van der Waals surface area contributed by atoms with Crippen LogP contribution in [0.2, 0.25) is 0 Å². The van der Waals surface area contributed by atoms with Crippen LogP contribution in [0.3, 0.4) is 0 Å². The summed E-state index contributed by atoms with van der Waals surface area (Å²) in [7, 11) is 0. The summed E-state index contributed by atoms with van der Waals surface area (Å²) < 4.78 is 0. The van der Waals surface area contributed by atoms with E-state index in [1.165, 1.54) is 0 Å². The summed E-state index contributed by atoms with van der Waals surface area (Å²) in [5.74, 6) is -1.44. The number of aliphatic hydroxyl groups excluding tert-OH is 1. The molecule has 0 saturated heterocycles. The molecule has 3 atom stereocenters. The van der Waals surface area contributed by atoms with Gasteiger partial charge in [0.25, 0.3) is 0 Å². The van der Waals surface area contributed by atoms with Crippen LogP contribution in [-0.2, 0) is 4.79 Å². The predicted octanol–water partition coefficient (Wildman–Crippen LogP) is 1.87. The lowest BCUT2D eigenvalue weighted by Gasteiger charge is -2.22. The van der Waals surface area contributed by atoms with Gasteiger partial charge in [0.15, 0.2) is 6.10 Å². The van der Waals surface area contributed by atoms with Gasteiger partial charge in [0.05, 0.1) is 0 Å². The Morgan fingerprint density at radius 2 is 1.73 bits per heavy atom. The molecule has 82 valence electrons. The molecule has 3 unspecified atom stereocenters. The standard InChI is InChI=1S/C12H16O3/c1-8(9(2)11(13)12(14)15)10-6-4-3-5-7-10/h3-9,11,13H,1-2H3,(H,14,15). The Balaban J connectivity index is 2.77. The number of carboxylic acid groups (broad SMARTS) is 1. The number of benzene rings is 1. The van der Waals surface area contributed by atoms with E-state index in [-0.39, 0.29) is 11.8 Å². The predicted molar refractivity (Wildman–Crippen MR) is 57.7 cm³/mol. The third kappa shape index (κ3) is 2.80. The van der Waals surface area contributed by atoms with E-state index in [9.17, 15) is 9.90 Å². The molecule has 0 aliphatic rings. The minimum Gasteiger partial charge on any atom is -0.479 e. The van der Waals surface area contributed by atoms with Crippen molar-refractivity contribution in [3.05, 3.63) is 35.9 Å². The molecule has 0 spiro atoms. The minimum atomic E-state index is -1.31. The first-order valence-corrected chi connectivity index (χ1v) is 5.00. The molecule has 0 aliphatic heterocycles. The number of aliphatic hydroxyl groups is 1. The summed E-state index contributed by atoms with van der Waals surface area (Å²) in [4.78, 5) is 10.6. The number of aliphatic carboxylic acids is 1. The minimum absolute atomic E-state index is 0.0253. The number of carbonyl (C=O) groups is 1. The molecule has 15 heavy (non-hydrogen) atoms. The molecule has 0 radical (unpaired) electrons. The Bertz CT molecular complexity index is 321. The van der Waals surface area contributed by atoms with E-state index in [1.54, 1.807) is 6.92 Å². The van der Waals surface area contributed by atoms with Crippen molar-refractivity contribution in [1.29, 1.82) is 0 Å². The van der Waals surface area contributed by atoms with Crippen molar-refractivity contribution in [3.8, 4) is 0 Å². The molecule has 0 saturated carbocycles. The summed E-state index contributed by atoms with van der Waals surface area (Å²) in [6.45, 7) is 3.67. The van der Waals surface area contributed by atoms with Gasteiger partial charge in [0.1, 0.15) is 0 Å². The monoisotopic (exact) mass is 208 g/mol. The SMILES string of the molecule is CC(c1ccccc1)C(C)C(O)C(=O)O. The van der Waals surface area contributed by atoms with Crippen molar-refractivity contribution in [1.82, 2.24) is 0 Å². The van der Waals surface area contributed by atoms with Crippen molar-refractivity contribution in [3.63, 3.8) is 0 Å². The average Bonchev–Trinajstić information content (AvgIpc) is 2.27. The fraction of sp³-hybridized carbons (Fsp3) is 0.417. The van der Waals surface area contributed by atoms with Crippen molar-refractivity contribution >= 4 is 5.97 Å². The molecule has 0 fully saturated rings. The summed E-state index contributed by atoms with van der Waals surface area (Å²) in [6.07, 6.45) is -1.31. The van der Waals surface area contributed by atoms with Gasteiger partial charge in [-0.3, -0.25) is 0 Å². The van der Waals surface area contributed by atoms with Gasteiger partial charge in [-0.15, -0.1) is 0 Å². The summed E-state index contributed by atoms with van der Waals surface area (Å²) >= 11 is 0. The highest BCUT2D eigenvalue weighted by molar-refractivity contribution is 5.72. The average molecular weight is 208 g/mol. The van der Waals surface area contributed by atoms with E-state index in [0.29, 0.717) is 0 Å². The lowest BCUT2D eigenvalue weighted by Crippen LogP contribution is -2.30. The van der Waals surface area contributed by atoms with Crippen molar-refractivity contribution < 1.29 is 15.0 Å². The molecule has 3 nitrogen and oxygen atoms in total. The topological polar surface area (TPSA) is 57.5 Å². The summed E-state index contributed by atoms with van der Waals surface area (Å²) in [6, 6.07) is 9.61. The fourth-order valence-corrected chi connectivity index (χ4v) is 1.56. The molecule has 1 rings (SSSR count). The van der Waals surface area contributed by atoms with Gasteiger partial charge in [-0.2, -0.15) is 0 Å². The van der Waals surface area contributed by atoms with Gasteiger partial charge < -0.3 is 10.2 Å². The largest absolute Gasteiger partial charge is 0.479 e. The van der Waals surface area contributed by atoms with Crippen LogP contribution in [0.4, 0.5) is 0 Å². The molecule has 3 heteroatoms. The van der Waals surface area contributed by atoms with Crippen molar-refractivity contribution in [2.45, 2.75) is 25.9 Å². The molecule has 1 aromatic rings. The molecular weight excluding hydrogens is 192 g/mol. The third-order valence-electron chi connectivity index (χ3n) is 2.87. The Kier molecular flexibility index (Phi) is 3.86. The lowest BCUT2D eigenvalue weighted by molar-refractivity contribution is -0.149. The maximum atomic E-state index is 10.6. The molecule has 0 amide bonds. The molecule has 0 aromatic heterocycles. The van der Waals surface area contributed by atoms with E-state index >= 15 is 0 Å². The maximum absolute atomic E-state index is 10.6. The molecule has 2 N–H and O–H groups in total. The molecular formula is C12H16O3. The zero-order valence-corrected chi connectivity index (χ0v) is 8.92. The van der Waals surface area contributed by atoms with E-state index in [1.807, 2.05) is 37.3 Å². The number of carboxylic acids is 1. The Hall–Kier alpha value is -1.35. The summed E-state index contributed by atoms with van der Waals surface area (Å²) in [5, 5.41) is 18.1. The second-order valence-corrected chi connectivity index (χ2v) is 3.84. The van der Waals surface area contributed by atoms with Crippen molar-refractivity contribution in [2.75, 3.05) is 0 Å². The first kappa shape index (κ1) is 11.7. The van der Waals surface area contributed by atoms with Gasteiger partial charge in [-0.05, 0) is 17.4 Å². The van der Waals surface area contributed by atoms with E-state index < -0.39 is 12.1 Å². The van der Waals surface area contributed by atoms with E-state index in [0.717, 1.165) is 5.56 Å². The van der Waals surface area contributed by atoms with Crippen LogP contribution < -0.4 is 0 Å². The van der Waals surface area contributed by atoms with Crippen molar-refractivity contribution in [2.24, 2.45) is 5.92 Å². The molecule has 0 heterocycles. The van der Waals surface area contributed by atoms with Gasteiger partial charge in [0, 0.05) is 0 Å². The van der Waals surface area contributed by atoms with Crippen LogP contribution in [0.5, 0.6) is 0 Å². The van der Waals surface area contributed by atoms with Crippen LogP contribution in [0.25, 0.3) is 0 Å². The fourth-order valence-electron chi connectivity index (χ4n) is 1.56. The number of hydrogen-bond donors (Lipinski definition) is 2. The van der Waals surface area contributed by atoms with Crippen LogP contribution in [-0.4, -0.2) is 22.3 Å². The van der Waals surface area contributed by atoms with Crippen LogP contribution >= 0.6 is 0 Å². The second-order valence-electron chi connectivity index (χ2n) is 3.84. The van der Waals surface area contributed by atoms with Crippen LogP contribution in [0.1, 0.15) is 25.3 Å². The van der Waals surface area contributed by atoms with E-state index in [2.05, 4.69) is 0 Å². The first-order valence-electron chi connectivity index (χ1n) is 5.00. The van der Waals surface area contributed by atoms with Gasteiger partial charge in [-0.1, -0.05) is 44.2 Å². The normalized spacial score (nSPS) is 16.7. The molecule has 0 aliphatic carbocycles. The number of rotatable bonds is 4. The summed E-state index contributed by atoms with van der Waals surface area (Å²) in [5.41, 5.74) is 1.05. The zero-order chi connectivity index (χ0) is 11.4. The molecule has 1 aromatic carbocycles. The Labute approximate surface area is 89.4 Å². The van der Waals surface area contributed by atoms with Crippen LogP contribution in [0.15, 0.2) is 30.3 Å². The Morgan fingerprint density at radius 3 is 2.20 bits per heavy atom. The quantitative estimate of drug-likeness (QED) is 0.794.